The first-order chi connectivity index (χ1) is 4.93. The minimum atomic E-state index is -4.20. The van der Waals surface area contributed by atoms with Crippen LogP contribution in [0.2, 0.25) is 0 Å². The first kappa shape index (κ1) is 10.8. The highest BCUT2D eigenvalue weighted by molar-refractivity contribution is 7.86. The third-order valence-corrected chi connectivity index (χ3v) is 2.73. The van der Waals surface area contributed by atoms with Crippen LogP contribution in [0.15, 0.2) is 0 Å². The molecule has 5 nitrogen and oxygen atoms in total. The molecule has 0 rings (SSSR count). The summed E-state index contributed by atoms with van der Waals surface area (Å²) in [5.74, 6) is 0. The Morgan fingerprint density at radius 2 is 2.00 bits per heavy atom. The molecule has 0 saturated carbocycles. The molecule has 6 heteroatoms. The van der Waals surface area contributed by atoms with Gasteiger partial charge in [0.1, 0.15) is 5.25 Å². The molecule has 0 saturated heterocycles. The summed E-state index contributed by atoms with van der Waals surface area (Å²) in [5.41, 5.74) is 5.04. The van der Waals surface area contributed by atoms with E-state index in [0.717, 1.165) is 0 Å². The van der Waals surface area contributed by atoms with Crippen LogP contribution in [0.3, 0.4) is 0 Å². The van der Waals surface area contributed by atoms with Crippen LogP contribution < -0.4 is 5.73 Å². The van der Waals surface area contributed by atoms with Gasteiger partial charge < -0.3 is 10.8 Å². The Morgan fingerprint density at radius 1 is 1.55 bits per heavy atom. The molecule has 0 aliphatic rings. The van der Waals surface area contributed by atoms with Crippen LogP contribution in [-0.2, 0) is 10.1 Å². The second-order valence-corrected chi connectivity index (χ2v) is 3.90. The quantitative estimate of drug-likeness (QED) is 0.484. The maximum Gasteiger partial charge on any atom is 0.271 e. The minimum absolute atomic E-state index is 0.252. The molecule has 2 unspecified atom stereocenters. The standard InChI is InChI=1S/C5H13NO4S/c1-2-4(7)5(3-6)11(8,9)10/h4-5,7H,2-3,6H2,1H3,(H,8,9,10). The molecule has 0 bridgehead atoms. The third-order valence-electron chi connectivity index (χ3n) is 1.46. The number of rotatable bonds is 4. The monoisotopic (exact) mass is 183 g/mol. The second kappa shape index (κ2) is 4.01. The van der Waals surface area contributed by atoms with Crippen LogP contribution >= 0.6 is 0 Å². The zero-order chi connectivity index (χ0) is 9.07. The lowest BCUT2D eigenvalue weighted by atomic mass is 10.2. The van der Waals surface area contributed by atoms with Crippen LogP contribution in [0.5, 0.6) is 0 Å². The predicted molar refractivity (Wildman–Crippen MR) is 40.7 cm³/mol. The Balaban J connectivity index is 4.42. The van der Waals surface area contributed by atoms with Crippen molar-refractivity contribution in [3.8, 4) is 0 Å². The van der Waals surface area contributed by atoms with E-state index in [1.165, 1.54) is 0 Å². The third kappa shape index (κ3) is 3.15. The molecule has 68 valence electrons. The van der Waals surface area contributed by atoms with Gasteiger partial charge in [-0.15, -0.1) is 0 Å². The van der Waals surface area contributed by atoms with Gasteiger partial charge in [-0.2, -0.15) is 8.42 Å². The van der Waals surface area contributed by atoms with Gasteiger partial charge in [0.05, 0.1) is 6.10 Å². The highest BCUT2D eigenvalue weighted by atomic mass is 32.2. The lowest BCUT2D eigenvalue weighted by Crippen LogP contribution is -2.39. The van der Waals surface area contributed by atoms with E-state index >= 15 is 0 Å². The van der Waals surface area contributed by atoms with Gasteiger partial charge in [-0.05, 0) is 6.42 Å². The van der Waals surface area contributed by atoms with E-state index in [4.69, 9.17) is 15.4 Å². The maximum absolute atomic E-state index is 10.5. The van der Waals surface area contributed by atoms with Crippen molar-refractivity contribution in [3.63, 3.8) is 0 Å². The summed E-state index contributed by atoms with van der Waals surface area (Å²) in [7, 11) is -4.20. The number of aliphatic hydroxyl groups excluding tert-OH is 1. The molecule has 0 spiro atoms. The van der Waals surface area contributed by atoms with E-state index in [1.54, 1.807) is 6.92 Å². The molecule has 0 amide bonds. The molecular weight excluding hydrogens is 170 g/mol. The van der Waals surface area contributed by atoms with Crippen molar-refractivity contribution in [3.05, 3.63) is 0 Å². The summed E-state index contributed by atoms with van der Waals surface area (Å²) in [5, 5.41) is 7.78. The summed E-state index contributed by atoms with van der Waals surface area (Å²) < 4.78 is 29.5. The van der Waals surface area contributed by atoms with E-state index in [0.29, 0.717) is 0 Å². The molecule has 0 aromatic rings. The zero-order valence-electron chi connectivity index (χ0n) is 6.27. The number of hydrogen-bond acceptors (Lipinski definition) is 4. The number of hydrogen-bond donors (Lipinski definition) is 3. The summed E-state index contributed by atoms with van der Waals surface area (Å²) in [4.78, 5) is 0. The van der Waals surface area contributed by atoms with Crippen LogP contribution in [0, 0.1) is 0 Å². The largest absolute Gasteiger partial charge is 0.392 e. The molecule has 0 aliphatic heterocycles. The topological polar surface area (TPSA) is 101 Å². The van der Waals surface area contributed by atoms with E-state index in [9.17, 15) is 8.42 Å². The highest BCUT2D eigenvalue weighted by Crippen LogP contribution is 2.06. The molecule has 2 atom stereocenters. The molecule has 0 aliphatic carbocycles. The van der Waals surface area contributed by atoms with Crippen LogP contribution in [-0.4, -0.2) is 36.0 Å². The van der Waals surface area contributed by atoms with Crippen molar-refractivity contribution in [1.29, 1.82) is 0 Å². The van der Waals surface area contributed by atoms with Gasteiger partial charge >= 0.3 is 0 Å². The Hall–Kier alpha value is -0.170. The van der Waals surface area contributed by atoms with Gasteiger partial charge in [-0.1, -0.05) is 6.92 Å². The summed E-state index contributed by atoms with van der Waals surface area (Å²) in [6.45, 7) is 1.34. The average molecular weight is 183 g/mol. The van der Waals surface area contributed by atoms with Crippen LogP contribution in [0.1, 0.15) is 13.3 Å². The summed E-state index contributed by atoms with van der Waals surface area (Å²) >= 11 is 0. The molecule has 11 heavy (non-hydrogen) atoms. The smallest absolute Gasteiger partial charge is 0.271 e. The molecule has 0 aromatic carbocycles. The van der Waals surface area contributed by atoms with Crippen molar-refractivity contribution in [1.82, 2.24) is 0 Å². The van der Waals surface area contributed by atoms with Gasteiger partial charge in [0, 0.05) is 6.54 Å². The molecular formula is C5H13NO4S. The van der Waals surface area contributed by atoms with E-state index in [-0.39, 0.29) is 13.0 Å². The fourth-order valence-corrected chi connectivity index (χ4v) is 1.57. The summed E-state index contributed by atoms with van der Waals surface area (Å²) in [6.07, 6.45) is -0.836. The normalized spacial score (nSPS) is 17.8. The van der Waals surface area contributed by atoms with Crippen molar-refractivity contribution in [2.24, 2.45) is 5.73 Å². The Kier molecular flexibility index (Phi) is 3.95. The first-order valence-electron chi connectivity index (χ1n) is 3.27. The Labute approximate surface area is 66.0 Å². The van der Waals surface area contributed by atoms with Crippen LogP contribution in [0.25, 0.3) is 0 Å². The lowest BCUT2D eigenvalue weighted by molar-refractivity contribution is 0.162. The fourth-order valence-electron chi connectivity index (χ4n) is 0.740. The van der Waals surface area contributed by atoms with Crippen LogP contribution in [0.4, 0.5) is 0 Å². The lowest BCUT2D eigenvalue weighted by Gasteiger charge is -2.16. The molecule has 4 N–H and O–H groups in total. The Bertz CT molecular complexity index is 201. The van der Waals surface area contributed by atoms with Gasteiger partial charge in [-0.3, -0.25) is 4.55 Å². The van der Waals surface area contributed by atoms with Gasteiger partial charge in [0.15, 0.2) is 0 Å². The fraction of sp³-hybridized carbons (Fsp3) is 1.00. The number of nitrogens with two attached hydrogens (primary N) is 1. The molecule has 0 fully saturated rings. The van der Waals surface area contributed by atoms with Gasteiger partial charge in [0.2, 0.25) is 0 Å². The Morgan fingerprint density at radius 3 is 2.09 bits per heavy atom. The first-order valence-corrected chi connectivity index (χ1v) is 4.78. The molecule has 0 radical (unpaired) electrons. The van der Waals surface area contributed by atoms with Gasteiger partial charge in [0.25, 0.3) is 10.1 Å². The predicted octanol–water partition coefficient (Wildman–Crippen LogP) is -1.03. The highest BCUT2D eigenvalue weighted by Gasteiger charge is 2.27. The van der Waals surface area contributed by atoms with Crippen molar-refractivity contribution in [2.75, 3.05) is 6.54 Å². The minimum Gasteiger partial charge on any atom is -0.392 e. The van der Waals surface area contributed by atoms with Gasteiger partial charge in [-0.25, -0.2) is 0 Å². The van der Waals surface area contributed by atoms with Crippen molar-refractivity contribution in [2.45, 2.75) is 24.7 Å². The second-order valence-electron chi connectivity index (χ2n) is 2.26. The SMILES string of the molecule is CCC(O)C(CN)S(=O)(=O)O. The van der Waals surface area contributed by atoms with E-state index < -0.39 is 21.5 Å². The van der Waals surface area contributed by atoms with Crippen molar-refractivity contribution < 1.29 is 18.1 Å². The zero-order valence-corrected chi connectivity index (χ0v) is 7.08. The summed E-state index contributed by atoms with van der Waals surface area (Å²) in [6, 6.07) is 0. The molecule has 0 aromatic heterocycles. The van der Waals surface area contributed by atoms with E-state index in [2.05, 4.69) is 0 Å². The van der Waals surface area contributed by atoms with E-state index in [1.807, 2.05) is 0 Å². The molecule has 0 heterocycles. The average Bonchev–Trinajstić information content (AvgIpc) is 1.86. The van der Waals surface area contributed by atoms with Crippen molar-refractivity contribution >= 4 is 10.1 Å². The maximum atomic E-state index is 10.5. The number of aliphatic hydroxyl groups is 1.